The summed E-state index contributed by atoms with van der Waals surface area (Å²) in [5.74, 6) is 4.93. The smallest absolute Gasteiger partial charge is 0.133 e. The van der Waals surface area contributed by atoms with Crippen LogP contribution in [0.5, 0.6) is 0 Å². The number of Topliss-reactive ketones (excluding diaryl/α,β-unsaturated/α-hetero) is 1. The highest BCUT2D eigenvalue weighted by Gasteiger charge is 2.59. The molecule has 4 aliphatic rings. The van der Waals surface area contributed by atoms with Gasteiger partial charge in [0.25, 0.3) is 0 Å². The van der Waals surface area contributed by atoms with Gasteiger partial charge >= 0.3 is 0 Å². The Morgan fingerprint density at radius 3 is 2.39 bits per heavy atom. The van der Waals surface area contributed by atoms with Crippen molar-refractivity contribution in [2.75, 3.05) is 19.6 Å². The fraction of sp³-hybridized carbons (Fsp3) is 0.964. The molecule has 0 aromatic carbocycles. The molecular weight excluding hydrogens is 380 g/mol. The van der Waals surface area contributed by atoms with Crippen molar-refractivity contribution >= 4 is 5.78 Å². The Morgan fingerprint density at radius 2 is 1.65 bits per heavy atom. The van der Waals surface area contributed by atoms with Gasteiger partial charge in [0.05, 0.1) is 0 Å². The summed E-state index contributed by atoms with van der Waals surface area (Å²) in [6, 6.07) is 0.584. The third kappa shape index (κ3) is 5.08. The summed E-state index contributed by atoms with van der Waals surface area (Å²) >= 11 is 0. The molecular formula is C28H52N2O. The molecule has 0 spiro atoms. The second-order valence-electron chi connectivity index (χ2n) is 11.9. The minimum atomic E-state index is 0.460. The molecule has 0 heterocycles. The Balaban J connectivity index is 0.00000132. The van der Waals surface area contributed by atoms with E-state index in [9.17, 15) is 4.79 Å². The lowest BCUT2D eigenvalue weighted by Gasteiger charge is -2.60. The number of nitrogens with one attached hydrogen (secondary N) is 2. The number of carbonyl (C=O) groups excluding carboxylic acids is 1. The third-order valence-electron chi connectivity index (χ3n) is 10.2. The molecule has 0 radical (unpaired) electrons. The van der Waals surface area contributed by atoms with Gasteiger partial charge in [0.2, 0.25) is 0 Å². The van der Waals surface area contributed by atoms with Crippen molar-refractivity contribution in [1.29, 1.82) is 0 Å². The van der Waals surface area contributed by atoms with E-state index in [1.165, 1.54) is 57.9 Å². The van der Waals surface area contributed by atoms with Crippen LogP contribution in [0.2, 0.25) is 0 Å². The van der Waals surface area contributed by atoms with Crippen LogP contribution in [0.1, 0.15) is 106 Å². The van der Waals surface area contributed by atoms with Gasteiger partial charge in [0.1, 0.15) is 5.78 Å². The van der Waals surface area contributed by atoms with Crippen LogP contribution in [0.15, 0.2) is 0 Å². The fourth-order valence-corrected chi connectivity index (χ4v) is 8.48. The highest BCUT2D eigenvalue weighted by Crippen LogP contribution is 2.67. The number of fused-ring (bicyclic) bond motifs is 5. The Hall–Kier alpha value is -0.410. The van der Waals surface area contributed by atoms with Gasteiger partial charge in [-0.3, -0.25) is 4.79 Å². The van der Waals surface area contributed by atoms with E-state index in [2.05, 4.69) is 38.3 Å². The first-order valence-corrected chi connectivity index (χ1v) is 13.8. The van der Waals surface area contributed by atoms with E-state index >= 15 is 0 Å². The molecule has 4 saturated carbocycles. The Morgan fingerprint density at radius 1 is 0.903 bits per heavy atom. The summed E-state index contributed by atoms with van der Waals surface area (Å²) in [4.78, 5) is 12.1. The van der Waals surface area contributed by atoms with Crippen LogP contribution < -0.4 is 10.6 Å². The molecule has 7 atom stereocenters. The standard InChI is InChI=1S/C26H46N2O.C2H6/c1-18(2)28-16-15-27-14-11-19-6-8-23-22-7-5-20-17-21(29)9-12-26(20,4)24(22)10-13-25(19,23)3;1-2/h18-20,22-24,27-28H,5-17H2,1-4H3;1-2H3. The van der Waals surface area contributed by atoms with Gasteiger partial charge in [0.15, 0.2) is 0 Å². The first-order chi connectivity index (χ1) is 14.8. The lowest BCUT2D eigenvalue weighted by molar-refractivity contribution is -0.139. The second-order valence-corrected chi connectivity index (χ2v) is 11.9. The predicted molar refractivity (Wildman–Crippen MR) is 132 cm³/mol. The highest BCUT2D eigenvalue weighted by molar-refractivity contribution is 5.79. The molecule has 4 rings (SSSR count). The highest BCUT2D eigenvalue weighted by atomic mass is 16.1. The molecule has 3 heteroatoms. The van der Waals surface area contributed by atoms with Crippen molar-refractivity contribution in [1.82, 2.24) is 10.6 Å². The van der Waals surface area contributed by atoms with Gasteiger partial charge in [-0.1, -0.05) is 41.5 Å². The molecule has 2 N–H and O–H groups in total. The summed E-state index contributed by atoms with van der Waals surface area (Å²) < 4.78 is 0. The Bertz CT molecular complexity index is 590. The normalized spacial score (nSPS) is 41.8. The first kappa shape index (κ1) is 25.2. The van der Waals surface area contributed by atoms with Crippen molar-refractivity contribution in [3.63, 3.8) is 0 Å². The van der Waals surface area contributed by atoms with E-state index in [0.29, 0.717) is 28.6 Å². The summed E-state index contributed by atoms with van der Waals surface area (Å²) in [6.45, 7) is 17.0. The van der Waals surface area contributed by atoms with Crippen molar-refractivity contribution in [3.05, 3.63) is 0 Å². The van der Waals surface area contributed by atoms with E-state index in [-0.39, 0.29) is 0 Å². The number of carbonyl (C=O) groups is 1. The van der Waals surface area contributed by atoms with Crippen LogP contribution in [0, 0.1) is 40.4 Å². The quantitative estimate of drug-likeness (QED) is 0.469. The summed E-state index contributed by atoms with van der Waals surface area (Å²) in [5.41, 5.74) is 1.04. The van der Waals surface area contributed by atoms with Gasteiger partial charge in [-0.25, -0.2) is 0 Å². The molecule has 3 nitrogen and oxygen atoms in total. The zero-order valence-electron chi connectivity index (χ0n) is 21.6. The number of hydrogen-bond acceptors (Lipinski definition) is 3. The van der Waals surface area contributed by atoms with Crippen LogP contribution in [-0.4, -0.2) is 31.5 Å². The van der Waals surface area contributed by atoms with Gasteiger partial charge < -0.3 is 10.6 Å². The molecule has 0 aliphatic heterocycles. The molecule has 0 bridgehead atoms. The zero-order chi connectivity index (χ0) is 22.6. The van der Waals surface area contributed by atoms with Crippen molar-refractivity contribution in [2.45, 2.75) is 112 Å². The summed E-state index contributed by atoms with van der Waals surface area (Å²) in [7, 11) is 0. The maximum Gasteiger partial charge on any atom is 0.133 e. The minimum Gasteiger partial charge on any atom is -0.315 e. The van der Waals surface area contributed by atoms with Crippen LogP contribution in [-0.2, 0) is 4.79 Å². The molecule has 4 fully saturated rings. The molecule has 0 aromatic heterocycles. The van der Waals surface area contributed by atoms with Gasteiger partial charge in [-0.05, 0) is 98.3 Å². The lowest BCUT2D eigenvalue weighted by Crippen LogP contribution is -2.53. The first-order valence-electron chi connectivity index (χ1n) is 13.8. The molecule has 180 valence electrons. The maximum atomic E-state index is 12.1. The SMILES string of the molecule is CC.CC(C)NCCNCCC1CCC2C3CCC4CC(=O)CCC4(C)C3CCC12C. The van der Waals surface area contributed by atoms with Crippen LogP contribution in [0.25, 0.3) is 0 Å². The summed E-state index contributed by atoms with van der Waals surface area (Å²) in [5, 5.41) is 7.19. The average molecular weight is 433 g/mol. The number of ketones is 1. The molecule has 0 saturated heterocycles. The van der Waals surface area contributed by atoms with E-state index < -0.39 is 0 Å². The minimum absolute atomic E-state index is 0.460. The van der Waals surface area contributed by atoms with E-state index in [1.54, 1.807) is 0 Å². The molecule has 4 aliphatic carbocycles. The van der Waals surface area contributed by atoms with Gasteiger partial charge in [-0.15, -0.1) is 0 Å². The third-order valence-corrected chi connectivity index (χ3v) is 10.2. The number of rotatable bonds is 7. The number of hydrogen-bond donors (Lipinski definition) is 2. The topological polar surface area (TPSA) is 41.1 Å². The largest absolute Gasteiger partial charge is 0.315 e. The molecule has 7 unspecified atom stereocenters. The Kier molecular flexibility index (Phi) is 8.69. The van der Waals surface area contributed by atoms with Crippen LogP contribution in [0.4, 0.5) is 0 Å². The molecule has 0 amide bonds. The van der Waals surface area contributed by atoms with Crippen LogP contribution >= 0.6 is 0 Å². The van der Waals surface area contributed by atoms with E-state index in [4.69, 9.17) is 0 Å². The van der Waals surface area contributed by atoms with Crippen molar-refractivity contribution in [2.24, 2.45) is 40.4 Å². The van der Waals surface area contributed by atoms with Gasteiger partial charge in [-0.2, -0.15) is 0 Å². The van der Waals surface area contributed by atoms with Crippen LogP contribution in [0.3, 0.4) is 0 Å². The fourth-order valence-electron chi connectivity index (χ4n) is 8.48. The maximum absolute atomic E-state index is 12.1. The molecule has 31 heavy (non-hydrogen) atoms. The average Bonchev–Trinajstić information content (AvgIpc) is 3.09. The monoisotopic (exact) mass is 432 g/mol. The van der Waals surface area contributed by atoms with E-state index in [0.717, 1.165) is 49.6 Å². The lowest BCUT2D eigenvalue weighted by atomic mass is 9.44. The predicted octanol–water partition coefficient (Wildman–Crippen LogP) is 6.22. The molecule has 0 aromatic rings. The van der Waals surface area contributed by atoms with Gasteiger partial charge in [0, 0.05) is 32.0 Å². The Labute approximate surface area is 193 Å². The van der Waals surface area contributed by atoms with Crippen molar-refractivity contribution in [3.8, 4) is 0 Å². The second kappa shape index (κ2) is 10.7. The van der Waals surface area contributed by atoms with Crippen molar-refractivity contribution < 1.29 is 4.79 Å². The zero-order valence-corrected chi connectivity index (χ0v) is 21.6. The summed E-state index contributed by atoms with van der Waals surface area (Å²) in [6.07, 6.45) is 12.8. The van der Waals surface area contributed by atoms with E-state index in [1.807, 2.05) is 13.8 Å².